The van der Waals surface area contributed by atoms with Crippen molar-refractivity contribution in [2.45, 2.75) is 18.7 Å². The first-order valence-electron chi connectivity index (χ1n) is 8.63. The summed E-state index contributed by atoms with van der Waals surface area (Å²) in [4.78, 5) is 13.3. The van der Waals surface area contributed by atoms with Crippen LogP contribution < -0.4 is 0 Å². The van der Waals surface area contributed by atoms with Gasteiger partial charge in [-0.2, -0.15) is 4.31 Å². The first kappa shape index (κ1) is 20.3. The van der Waals surface area contributed by atoms with Crippen molar-refractivity contribution >= 4 is 15.9 Å². The number of benzene rings is 2. The molecule has 1 heterocycles. The van der Waals surface area contributed by atoms with Crippen LogP contribution in [0.1, 0.15) is 21.5 Å². The molecule has 0 spiro atoms. The minimum absolute atomic E-state index is 0.0720. The number of aryl methyl sites for hydroxylation is 2. The fourth-order valence-electron chi connectivity index (χ4n) is 3.20. The van der Waals surface area contributed by atoms with Gasteiger partial charge in [-0.1, -0.05) is 17.7 Å². The summed E-state index contributed by atoms with van der Waals surface area (Å²) in [6, 6.07) is 6.72. The monoisotopic (exact) mass is 412 g/mol. The van der Waals surface area contributed by atoms with Crippen molar-refractivity contribution in [3.05, 3.63) is 64.5 Å². The van der Waals surface area contributed by atoms with Crippen molar-refractivity contribution in [1.29, 1.82) is 0 Å². The number of piperazine rings is 1. The molecule has 5 nitrogen and oxygen atoms in total. The van der Waals surface area contributed by atoms with Crippen LogP contribution in [0.2, 0.25) is 0 Å². The highest BCUT2D eigenvalue weighted by Crippen LogP contribution is 2.24. The summed E-state index contributed by atoms with van der Waals surface area (Å²) < 4.78 is 66.6. The Morgan fingerprint density at radius 2 is 1.57 bits per heavy atom. The van der Waals surface area contributed by atoms with Gasteiger partial charge in [-0.15, -0.1) is 0 Å². The molecule has 2 aromatic rings. The van der Waals surface area contributed by atoms with E-state index in [4.69, 9.17) is 0 Å². The number of amides is 1. The zero-order valence-corrected chi connectivity index (χ0v) is 16.2. The Balaban J connectivity index is 1.76. The second-order valence-electron chi connectivity index (χ2n) is 6.69. The predicted molar refractivity (Wildman–Crippen MR) is 96.9 cm³/mol. The standard InChI is InChI=1S/C19H19F3N2O3S/c1-12-3-4-14(13(2)11-12)19(25)23-7-9-24(10-8-23)28(26,27)16-6-5-15(20)17(21)18(16)22/h3-6,11H,7-10H2,1-2H3. The number of halogens is 3. The van der Waals surface area contributed by atoms with Gasteiger partial charge in [0.15, 0.2) is 17.5 Å². The second kappa shape index (κ2) is 7.56. The maximum absolute atomic E-state index is 13.9. The zero-order chi connectivity index (χ0) is 20.6. The van der Waals surface area contributed by atoms with E-state index in [1.54, 1.807) is 6.07 Å². The highest BCUT2D eigenvalue weighted by molar-refractivity contribution is 7.89. The zero-order valence-electron chi connectivity index (χ0n) is 15.4. The summed E-state index contributed by atoms with van der Waals surface area (Å²) >= 11 is 0. The molecule has 0 N–H and O–H groups in total. The van der Waals surface area contributed by atoms with Gasteiger partial charge in [0.05, 0.1) is 0 Å². The van der Waals surface area contributed by atoms with E-state index in [2.05, 4.69) is 0 Å². The molecule has 0 aromatic heterocycles. The summed E-state index contributed by atoms with van der Waals surface area (Å²) in [7, 11) is -4.35. The van der Waals surface area contributed by atoms with Crippen LogP contribution in [0.25, 0.3) is 0 Å². The average Bonchev–Trinajstić information content (AvgIpc) is 2.65. The molecule has 28 heavy (non-hydrogen) atoms. The molecule has 3 rings (SSSR count). The molecule has 9 heteroatoms. The van der Waals surface area contributed by atoms with Crippen LogP contribution in [0.4, 0.5) is 13.2 Å². The van der Waals surface area contributed by atoms with Gasteiger partial charge in [-0.05, 0) is 37.6 Å². The summed E-state index contributed by atoms with van der Waals surface area (Å²) in [5, 5.41) is 0. The number of carbonyl (C=O) groups excluding carboxylic acids is 1. The highest BCUT2D eigenvalue weighted by atomic mass is 32.2. The Hall–Kier alpha value is -2.39. The SMILES string of the molecule is Cc1ccc(C(=O)N2CCN(S(=O)(=O)c3ccc(F)c(F)c3F)CC2)c(C)c1. The Bertz CT molecular complexity index is 1030. The van der Waals surface area contributed by atoms with Crippen LogP contribution in [0.3, 0.4) is 0 Å². The van der Waals surface area contributed by atoms with Crippen LogP contribution >= 0.6 is 0 Å². The minimum Gasteiger partial charge on any atom is -0.336 e. The second-order valence-corrected chi connectivity index (χ2v) is 8.59. The molecule has 1 amide bonds. The summed E-state index contributed by atoms with van der Waals surface area (Å²) in [6.45, 7) is 3.82. The molecule has 150 valence electrons. The quantitative estimate of drug-likeness (QED) is 0.729. The molecule has 0 bridgehead atoms. The van der Waals surface area contributed by atoms with Crippen LogP contribution in [-0.4, -0.2) is 49.7 Å². The number of rotatable bonds is 3. The average molecular weight is 412 g/mol. The van der Waals surface area contributed by atoms with Crippen LogP contribution in [-0.2, 0) is 10.0 Å². The lowest BCUT2D eigenvalue weighted by atomic mass is 10.0. The van der Waals surface area contributed by atoms with Gasteiger partial charge in [-0.3, -0.25) is 4.79 Å². The fourth-order valence-corrected chi connectivity index (χ4v) is 4.68. The normalized spacial score (nSPS) is 15.7. The van der Waals surface area contributed by atoms with Crippen molar-refractivity contribution in [1.82, 2.24) is 9.21 Å². The topological polar surface area (TPSA) is 57.7 Å². The molecule has 0 aliphatic carbocycles. The molecule has 0 saturated carbocycles. The first-order chi connectivity index (χ1) is 13.1. The maximum Gasteiger partial charge on any atom is 0.254 e. The lowest BCUT2D eigenvalue weighted by Gasteiger charge is -2.34. The van der Waals surface area contributed by atoms with Gasteiger partial charge in [-0.25, -0.2) is 21.6 Å². The van der Waals surface area contributed by atoms with Gasteiger partial charge in [0, 0.05) is 31.7 Å². The van der Waals surface area contributed by atoms with E-state index in [-0.39, 0.29) is 32.1 Å². The van der Waals surface area contributed by atoms with Gasteiger partial charge in [0.1, 0.15) is 4.90 Å². The Morgan fingerprint density at radius 1 is 0.929 bits per heavy atom. The number of hydrogen-bond donors (Lipinski definition) is 0. The lowest BCUT2D eigenvalue weighted by Crippen LogP contribution is -2.50. The van der Waals surface area contributed by atoms with E-state index in [1.807, 2.05) is 26.0 Å². The number of sulfonamides is 1. The third-order valence-corrected chi connectivity index (χ3v) is 6.67. The highest BCUT2D eigenvalue weighted by Gasteiger charge is 2.33. The Labute approximate surface area is 161 Å². The molecule has 0 radical (unpaired) electrons. The smallest absolute Gasteiger partial charge is 0.254 e. The molecule has 0 atom stereocenters. The third kappa shape index (κ3) is 3.64. The van der Waals surface area contributed by atoms with Crippen LogP contribution in [0.5, 0.6) is 0 Å². The van der Waals surface area contributed by atoms with E-state index in [0.29, 0.717) is 17.7 Å². The first-order valence-corrected chi connectivity index (χ1v) is 10.1. The van der Waals surface area contributed by atoms with Crippen molar-refractivity contribution in [3.63, 3.8) is 0 Å². The summed E-state index contributed by atoms with van der Waals surface area (Å²) in [5.41, 5.74) is 2.39. The van der Waals surface area contributed by atoms with Crippen LogP contribution in [0, 0.1) is 31.3 Å². The number of carbonyl (C=O) groups is 1. The largest absolute Gasteiger partial charge is 0.336 e. The van der Waals surface area contributed by atoms with E-state index < -0.39 is 32.4 Å². The van der Waals surface area contributed by atoms with Crippen molar-refractivity contribution < 1.29 is 26.4 Å². The minimum atomic E-state index is -4.35. The Kier molecular flexibility index (Phi) is 5.49. The van der Waals surface area contributed by atoms with Crippen molar-refractivity contribution in [2.75, 3.05) is 26.2 Å². The molecular formula is C19H19F3N2O3S. The Morgan fingerprint density at radius 3 is 2.18 bits per heavy atom. The van der Waals surface area contributed by atoms with E-state index >= 15 is 0 Å². The molecule has 1 saturated heterocycles. The molecule has 1 aliphatic heterocycles. The van der Waals surface area contributed by atoms with Crippen molar-refractivity contribution in [2.24, 2.45) is 0 Å². The van der Waals surface area contributed by atoms with Gasteiger partial charge in [0.25, 0.3) is 5.91 Å². The van der Waals surface area contributed by atoms with E-state index in [9.17, 15) is 26.4 Å². The summed E-state index contributed by atoms with van der Waals surface area (Å²) in [6.07, 6.45) is 0. The predicted octanol–water partition coefficient (Wildman–Crippen LogP) is 2.87. The van der Waals surface area contributed by atoms with Gasteiger partial charge < -0.3 is 4.90 Å². The van der Waals surface area contributed by atoms with E-state index in [1.165, 1.54) is 4.90 Å². The van der Waals surface area contributed by atoms with Crippen LogP contribution in [0.15, 0.2) is 35.2 Å². The fraction of sp³-hybridized carbons (Fsp3) is 0.316. The van der Waals surface area contributed by atoms with Gasteiger partial charge >= 0.3 is 0 Å². The molecule has 1 aliphatic rings. The third-order valence-electron chi connectivity index (χ3n) is 4.76. The number of hydrogen-bond acceptors (Lipinski definition) is 3. The molecular weight excluding hydrogens is 393 g/mol. The van der Waals surface area contributed by atoms with E-state index in [0.717, 1.165) is 15.4 Å². The molecule has 1 fully saturated rings. The molecule has 2 aromatic carbocycles. The number of nitrogens with zero attached hydrogens (tertiary/aromatic N) is 2. The molecule has 0 unspecified atom stereocenters. The summed E-state index contributed by atoms with van der Waals surface area (Å²) in [5.74, 6) is -5.24. The maximum atomic E-state index is 13.9. The lowest BCUT2D eigenvalue weighted by molar-refractivity contribution is 0.0697. The van der Waals surface area contributed by atoms with Gasteiger partial charge in [0.2, 0.25) is 10.0 Å². The van der Waals surface area contributed by atoms with Crippen molar-refractivity contribution in [3.8, 4) is 0 Å².